The summed E-state index contributed by atoms with van der Waals surface area (Å²) in [4.78, 5) is 20.2. The van der Waals surface area contributed by atoms with Crippen LogP contribution in [-0.2, 0) is 0 Å². The second kappa shape index (κ2) is 4.87. The highest BCUT2D eigenvalue weighted by molar-refractivity contribution is 7.17. The van der Waals surface area contributed by atoms with Gasteiger partial charge in [-0.1, -0.05) is 11.3 Å². The summed E-state index contributed by atoms with van der Waals surface area (Å²) < 4.78 is 0.231. The number of hydrogen-bond donors (Lipinski definition) is 1. The van der Waals surface area contributed by atoms with Gasteiger partial charge in [0.1, 0.15) is 0 Å². The van der Waals surface area contributed by atoms with Crippen LogP contribution in [0.4, 0.5) is 5.69 Å². The average Bonchev–Trinajstić information content (AvgIpc) is 2.85. The molecule has 0 saturated carbocycles. The van der Waals surface area contributed by atoms with Crippen molar-refractivity contribution in [2.75, 3.05) is 5.32 Å². The first-order valence-electron chi connectivity index (χ1n) is 5.23. The maximum absolute atomic E-state index is 11.9. The van der Waals surface area contributed by atoms with Crippen molar-refractivity contribution in [3.8, 4) is 0 Å². The predicted octanol–water partition coefficient (Wildman–Crippen LogP) is 2.39. The lowest BCUT2D eigenvalue weighted by atomic mass is 10.2. The third kappa shape index (κ3) is 2.51. The van der Waals surface area contributed by atoms with Gasteiger partial charge in [0.2, 0.25) is 9.47 Å². The predicted molar refractivity (Wildman–Crippen MR) is 72.4 cm³/mol. The summed E-state index contributed by atoms with van der Waals surface area (Å²) >= 11 is 6.65. The summed E-state index contributed by atoms with van der Waals surface area (Å²) in [6.07, 6.45) is 3.21. The first-order chi connectivity index (χ1) is 9.22. The highest BCUT2D eigenvalue weighted by atomic mass is 35.5. The number of aromatic nitrogens is 4. The molecule has 2 aromatic heterocycles. The van der Waals surface area contributed by atoms with Gasteiger partial charge in [-0.2, -0.15) is 0 Å². The fraction of sp³-hybridized carbons (Fsp3) is 0. The maximum Gasteiger partial charge on any atom is 0.286 e. The Kier molecular flexibility index (Phi) is 3.06. The second-order valence-corrected chi connectivity index (χ2v) is 5.13. The molecular formula is C11H6ClN5OS. The number of carbonyl (C=O) groups is 1. The smallest absolute Gasteiger partial charge is 0.286 e. The molecule has 0 aliphatic carbocycles. The molecule has 0 spiro atoms. The van der Waals surface area contributed by atoms with Gasteiger partial charge in [0, 0.05) is 18.1 Å². The van der Waals surface area contributed by atoms with Crippen molar-refractivity contribution >= 4 is 45.6 Å². The molecule has 0 saturated heterocycles. The molecule has 0 bridgehead atoms. The Morgan fingerprint density at radius 1 is 1.16 bits per heavy atom. The molecule has 19 heavy (non-hydrogen) atoms. The fourth-order valence-corrected chi connectivity index (χ4v) is 2.25. The maximum atomic E-state index is 11.9. The Morgan fingerprint density at radius 2 is 1.95 bits per heavy atom. The van der Waals surface area contributed by atoms with Gasteiger partial charge in [-0.15, -0.1) is 10.2 Å². The molecule has 1 amide bonds. The van der Waals surface area contributed by atoms with Crippen LogP contribution in [0.15, 0.2) is 30.6 Å². The number of fused-ring (bicyclic) bond motifs is 1. The molecule has 94 valence electrons. The minimum Gasteiger partial charge on any atom is -0.320 e. The molecule has 1 N–H and O–H groups in total. The molecule has 3 aromatic rings. The Morgan fingerprint density at radius 3 is 2.68 bits per heavy atom. The summed E-state index contributed by atoms with van der Waals surface area (Å²) in [6, 6.07) is 5.27. The molecule has 1 aromatic carbocycles. The van der Waals surface area contributed by atoms with E-state index in [9.17, 15) is 4.79 Å². The minimum atomic E-state index is -0.354. The summed E-state index contributed by atoms with van der Waals surface area (Å²) in [5, 5.41) is 10.2. The van der Waals surface area contributed by atoms with Crippen LogP contribution in [0, 0.1) is 0 Å². The standard InChI is InChI=1S/C11H6ClN5OS/c12-11-17-16-10(19-11)9(18)15-6-1-2-7-8(5-6)14-4-3-13-7/h1-5H,(H,15,18). The fourth-order valence-electron chi connectivity index (χ4n) is 1.52. The van der Waals surface area contributed by atoms with E-state index in [1.807, 2.05) is 0 Å². The number of rotatable bonds is 2. The number of hydrogen-bond acceptors (Lipinski definition) is 6. The second-order valence-electron chi connectivity index (χ2n) is 3.57. The van der Waals surface area contributed by atoms with Crippen LogP contribution < -0.4 is 5.32 Å². The quantitative estimate of drug-likeness (QED) is 0.784. The monoisotopic (exact) mass is 291 g/mol. The Bertz CT molecular complexity index is 759. The molecule has 0 unspecified atom stereocenters. The lowest BCUT2D eigenvalue weighted by Crippen LogP contribution is -2.11. The summed E-state index contributed by atoms with van der Waals surface area (Å²) in [7, 11) is 0. The van der Waals surface area contributed by atoms with E-state index < -0.39 is 0 Å². The van der Waals surface area contributed by atoms with Gasteiger partial charge in [-0.3, -0.25) is 14.8 Å². The van der Waals surface area contributed by atoms with Crippen molar-refractivity contribution in [2.24, 2.45) is 0 Å². The van der Waals surface area contributed by atoms with Crippen molar-refractivity contribution in [3.63, 3.8) is 0 Å². The Labute approximate surface area is 116 Å². The summed E-state index contributed by atoms with van der Waals surface area (Å²) in [5.74, 6) is -0.354. The van der Waals surface area contributed by atoms with E-state index in [4.69, 9.17) is 11.6 Å². The lowest BCUT2D eigenvalue weighted by molar-refractivity contribution is 0.102. The van der Waals surface area contributed by atoms with Crippen molar-refractivity contribution < 1.29 is 4.79 Å². The molecule has 0 atom stereocenters. The number of halogens is 1. The van der Waals surface area contributed by atoms with Gasteiger partial charge in [0.15, 0.2) is 0 Å². The average molecular weight is 292 g/mol. The summed E-state index contributed by atoms with van der Waals surface area (Å²) in [5.41, 5.74) is 2.08. The van der Waals surface area contributed by atoms with Crippen molar-refractivity contribution in [3.05, 3.63) is 40.1 Å². The SMILES string of the molecule is O=C(Nc1ccc2nccnc2c1)c1nnc(Cl)s1. The number of benzene rings is 1. The molecule has 0 aliphatic heterocycles. The van der Waals surface area contributed by atoms with E-state index in [2.05, 4.69) is 25.5 Å². The zero-order valence-electron chi connectivity index (χ0n) is 9.37. The topological polar surface area (TPSA) is 80.7 Å². The van der Waals surface area contributed by atoms with Crippen molar-refractivity contribution in [1.29, 1.82) is 0 Å². The highest BCUT2D eigenvalue weighted by Gasteiger charge is 2.12. The van der Waals surface area contributed by atoms with Crippen LogP contribution in [0.3, 0.4) is 0 Å². The Hall–Kier alpha value is -2.12. The number of anilines is 1. The van der Waals surface area contributed by atoms with Gasteiger partial charge in [0.05, 0.1) is 11.0 Å². The molecule has 0 aliphatic rings. The number of carbonyl (C=O) groups excluding carboxylic acids is 1. The van der Waals surface area contributed by atoms with E-state index in [1.165, 1.54) is 0 Å². The van der Waals surface area contributed by atoms with E-state index >= 15 is 0 Å². The van der Waals surface area contributed by atoms with Crippen molar-refractivity contribution in [2.45, 2.75) is 0 Å². The molecule has 0 radical (unpaired) electrons. The Balaban J connectivity index is 1.87. The molecule has 2 heterocycles. The molecule has 8 heteroatoms. The van der Waals surface area contributed by atoms with Crippen LogP contribution in [-0.4, -0.2) is 26.1 Å². The molecule has 3 rings (SSSR count). The highest BCUT2D eigenvalue weighted by Crippen LogP contribution is 2.18. The van der Waals surface area contributed by atoms with E-state index in [0.29, 0.717) is 11.2 Å². The number of amides is 1. The lowest BCUT2D eigenvalue weighted by Gasteiger charge is -2.03. The third-order valence-electron chi connectivity index (χ3n) is 2.32. The van der Waals surface area contributed by atoms with E-state index in [1.54, 1.807) is 30.6 Å². The summed E-state index contributed by atoms with van der Waals surface area (Å²) in [6.45, 7) is 0. The van der Waals surface area contributed by atoms with Crippen LogP contribution in [0.2, 0.25) is 4.47 Å². The largest absolute Gasteiger partial charge is 0.320 e. The van der Waals surface area contributed by atoms with Gasteiger partial charge < -0.3 is 5.32 Å². The third-order valence-corrected chi connectivity index (χ3v) is 3.34. The van der Waals surface area contributed by atoms with E-state index in [0.717, 1.165) is 16.9 Å². The first kappa shape index (κ1) is 11.9. The van der Waals surface area contributed by atoms with Gasteiger partial charge in [0.25, 0.3) is 5.91 Å². The van der Waals surface area contributed by atoms with Crippen LogP contribution in [0.1, 0.15) is 9.80 Å². The number of nitrogens with zero attached hydrogens (tertiary/aromatic N) is 4. The van der Waals surface area contributed by atoms with Gasteiger partial charge in [-0.05, 0) is 29.8 Å². The van der Waals surface area contributed by atoms with Gasteiger partial charge in [-0.25, -0.2) is 0 Å². The molecule has 6 nitrogen and oxygen atoms in total. The zero-order valence-corrected chi connectivity index (χ0v) is 10.9. The normalized spacial score (nSPS) is 10.6. The van der Waals surface area contributed by atoms with Crippen molar-refractivity contribution in [1.82, 2.24) is 20.2 Å². The minimum absolute atomic E-state index is 0.212. The number of nitrogens with one attached hydrogen (secondary N) is 1. The molecule has 0 fully saturated rings. The first-order valence-corrected chi connectivity index (χ1v) is 6.43. The van der Waals surface area contributed by atoms with Crippen LogP contribution >= 0.6 is 22.9 Å². The van der Waals surface area contributed by atoms with Gasteiger partial charge >= 0.3 is 0 Å². The van der Waals surface area contributed by atoms with Crippen LogP contribution in [0.25, 0.3) is 11.0 Å². The zero-order chi connectivity index (χ0) is 13.2. The van der Waals surface area contributed by atoms with Crippen LogP contribution in [0.5, 0.6) is 0 Å². The molecular weight excluding hydrogens is 286 g/mol. The van der Waals surface area contributed by atoms with E-state index in [-0.39, 0.29) is 15.4 Å².